The number of nitrogens with zero attached hydrogens (tertiary/aromatic N) is 1. The maximum absolute atomic E-state index is 10.8. The van der Waals surface area contributed by atoms with E-state index in [0.29, 0.717) is 25.0 Å². The lowest BCUT2D eigenvalue weighted by Gasteiger charge is -2.42. The van der Waals surface area contributed by atoms with Gasteiger partial charge in [-0.1, -0.05) is 52.3 Å². The van der Waals surface area contributed by atoms with Crippen LogP contribution in [0.15, 0.2) is 53.0 Å². The molecule has 0 spiro atoms. The van der Waals surface area contributed by atoms with Crippen molar-refractivity contribution in [1.29, 1.82) is 0 Å². The van der Waals surface area contributed by atoms with Gasteiger partial charge in [-0.25, -0.2) is 0 Å². The molecule has 1 heterocycles. The number of likely N-dealkylation sites (tertiary alicyclic amines) is 1. The van der Waals surface area contributed by atoms with Gasteiger partial charge in [-0.15, -0.1) is 0 Å². The number of benzene rings is 2. The van der Waals surface area contributed by atoms with Crippen LogP contribution in [0.2, 0.25) is 0 Å². The highest BCUT2D eigenvalue weighted by molar-refractivity contribution is 9.10. The normalized spacial score (nSPS) is 25.2. The largest absolute Gasteiger partial charge is 0.393 e. The predicted octanol–water partition coefficient (Wildman–Crippen LogP) is 4.25. The van der Waals surface area contributed by atoms with Crippen LogP contribution in [0.4, 0.5) is 0 Å². The average molecular weight is 418 g/mol. The van der Waals surface area contributed by atoms with Gasteiger partial charge >= 0.3 is 0 Å². The maximum Gasteiger partial charge on any atom is 0.0707 e. The molecule has 0 aliphatic carbocycles. The first kappa shape index (κ1) is 19.6. The quantitative estimate of drug-likeness (QED) is 0.763. The van der Waals surface area contributed by atoms with E-state index >= 15 is 0 Å². The number of hydrogen-bond donors (Lipinski definition) is 2. The lowest BCUT2D eigenvalue weighted by atomic mass is 9.92. The van der Waals surface area contributed by atoms with E-state index in [1.54, 1.807) is 0 Å². The average Bonchev–Trinajstić information content (AvgIpc) is 2.59. The molecular formula is C22H28BrNO2. The summed E-state index contributed by atoms with van der Waals surface area (Å²) in [4.78, 5) is 2.33. The lowest BCUT2D eigenvalue weighted by Crippen LogP contribution is -2.51. The van der Waals surface area contributed by atoms with Gasteiger partial charge in [0.15, 0.2) is 0 Å². The molecule has 0 aromatic heterocycles. The molecular weight excluding hydrogens is 390 g/mol. The second kappa shape index (κ2) is 8.66. The Hall–Kier alpha value is -1.20. The van der Waals surface area contributed by atoms with Crippen LogP contribution in [0.25, 0.3) is 11.1 Å². The number of halogens is 1. The Labute approximate surface area is 164 Å². The molecule has 4 heteroatoms. The van der Waals surface area contributed by atoms with E-state index in [0.717, 1.165) is 17.3 Å². The van der Waals surface area contributed by atoms with Crippen LogP contribution in [-0.2, 0) is 6.42 Å². The van der Waals surface area contributed by atoms with Gasteiger partial charge < -0.3 is 10.2 Å². The van der Waals surface area contributed by atoms with E-state index in [4.69, 9.17) is 0 Å². The first-order chi connectivity index (χ1) is 12.4. The molecule has 2 aromatic rings. The number of aliphatic hydroxyl groups excluding tert-OH is 2. The Bertz CT molecular complexity index is 706. The van der Waals surface area contributed by atoms with Crippen molar-refractivity contribution < 1.29 is 10.2 Å². The Morgan fingerprint density at radius 1 is 1.04 bits per heavy atom. The van der Waals surface area contributed by atoms with Crippen molar-refractivity contribution in [1.82, 2.24) is 4.90 Å². The fourth-order valence-electron chi connectivity index (χ4n) is 4.12. The summed E-state index contributed by atoms with van der Waals surface area (Å²) in [5, 5.41) is 20.7. The van der Waals surface area contributed by atoms with Gasteiger partial charge in [0, 0.05) is 29.5 Å². The van der Waals surface area contributed by atoms with E-state index in [-0.39, 0.29) is 6.10 Å². The monoisotopic (exact) mass is 417 g/mol. The summed E-state index contributed by atoms with van der Waals surface area (Å²) in [6.45, 7) is 4.92. The van der Waals surface area contributed by atoms with Crippen LogP contribution >= 0.6 is 15.9 Å². The number of piperidine rings is 1. The van der Waals surface area contributed by atoms with Crippen LogP contribution in [-0.4, -0.2) is 45.9 Å². The molecule has 2 N–H and O–H groups in total. The molecule has 0 saturated carbocycles. The van der Waals surface area contributed by atoms with Crippen molar-refractivity contribution >= 4 is 15.9 Å². The summed E-state index contributed by atoms with van der Waals surface area (Å²) in [5.74, 6) is 0. The Balaban J connectivity index is 1.72. The molecule has 0 amide bonds. The minimum atomic E-state index is -0.424. The van der Waals surface area contributed by atoms with Crippen LogP contribution in [0, 0.1) is 0 Å². The van der Waals surface area contributed by atoms with Crippen molar-refractivity contribution in [2.45, 2.75) is 57.4 Å². The van der Waals surface area contributed by atoms with E-state index in [1.807, 2.05) is 24.3 Å². The van der Waals surface area contributed by atoms with Gasteiger partial charge in [0.2, 0.25) is 0 Å². The standard InChI is InChI=1S/C22H28BrNO2/c1-15-11-20(25)12-16(2)24(15)14-21(26)13-18-5-3-4-6-22(18)17-7-9-19(23)10-8-17/h3-10,15-16,20-21,25-26H,11-14H2,1-2H3. The van der Waals surface area contributed by atoms with Crippen molar-refractivity contribution in [2.75, 3.05) is 6.54 Å². The van der Waals surface area contributed by atoms with Crippen LogP contribution < -0.4 is 0 Å². The molecule has 3 rings (SSSR count). The third kappa shape index (κ3) is 4.74. The minimum absolute atomic E-state index is 0.216. The van der Waals surface area contributed by atoms with Gasteiger partial charge in [0.05, 0.1) is 12.2 Å². The zero-order valence-electron chi connectivity index (χ0n) is 15.5. The Kier molecular flexibility index (Phi) is 6.51. The summed E-state index contributed by atoms with van der Waals surface area (Å²) in [6.07, 6.45) is 1.56. The van der Waals surface area contributed by atoms with Crippen molar-refractivity contribution in [3.63, 3.8) is 0 Å². The van der Waals surface area contributed by atoms with Crippen LogP contribution in [0.1, 0.15) is 32.3 Å². The number of β-amino-alcohol motifs (C(OH)–C–C–N with tert-alkyl or cyclic N) is 1. The highest BCUT2D eigenvalue weighted by Crippen LogP contribution is 2.27. The van der Waals surface area contributed by atoms with Crippen LogP contribution in [0.5, 0.6) is 0 Å². The smallest absolute Gasteiger partial charge is 0.0707 e. The highest BCUT2D eigenvalue weighted by Gasteiger charge is 2.31. The molecule has 3 unspecified atom stereocenters. The van der Waals surface area contributed by atoms with Crippen molar-refractivity contribution in [3.8, 4) is 11.1 Å². The van der Waals surface area contributed by atoms with Crippen molar-refractivity contribution in [3.05, 3.63) is 58.6 Å². The SMILES string of the molecule is CC1CC(O)CC(C)N1CC(O)Cc1ccccc1-c1ccc(Br)cc1. The summed E-state index contributed by atoms with van der Waals surface area (Å²) >= 11 is 3.48. The van der Waals surface area contributed by atoms with Gasteiger partial charge in [-0.05, 0) is 55.5 Å². The first-order valence-corrected chi connectivity index (χ1v) is 10.2. The molecule has 0 bridgehead atoms. The lowest BCUT2D eigenvalue weighted by molar-refractivity contribution is -0.0110. The van der Waals surface area contributed by atoms with E-state index in [2.05, 4.69) is 58.9 Å². The Morgan fingerprint density at radius 2 is 1.65 bits per heavy atom. The molecule has 0 radical (unpaired) electrons. The maximum atomic E-state index is 10.8. The van der Waals surface area contributed by atoms with Gasteiger partial charge in [0.1, 0.15) is 0 Å². The molecule has 26 heavy (non-hydrogen) atoms. The van der Waals surface area contributed by atoms with E-state index in [1.165, 1.54) is 16.7 Å². The second-order valence-electron chi connectivity index (χ2n) is 7.54. The zero-order chi connectivity index (χ0) is 18.7. The summed E-state index contributed by atoms with van der Waals surface area (Å²) in [6, 6.07) is 17.2. The third-order valence-corrected chi connectivity index (χ3v) is 5.94. The zero-order valence-corrected chi connectivity index (χ0v) is 17.1. The predicted molar refractivity (Wildman–Crippen MR) is 110 cm³/mol. The summed E-state index contributed by atoms with van der Waals surface area (Å²) in [7, 11) is 0. The van der Waals surface area contributed by atoms with Crippen molar-refractivity contribution in [2.24, 2.45) is 0 Å². The molecule has 1 fully saturated rings. The van der Waals surface area contributed by atoms with E-state index < -0.39 is 6.10 Å². The fourth-order valence-corrected chi connectivity index (χ4v) is 4.38. The highest BCUT2D eigenvalue weighted by atomic mass is 79.9. The molecule has 1 saturated heterocycles. The molecule has 3 nitrogen and oxygen atoms in total. The Morgan fingerprint density at radius 3 is 2.31 bits per heavy atom. The first-order valence-electron chi connectivity index (χ1n) is 9.39. The molecule has 3 atom stereocenters. The molecule has 2 aromatic carbocycles. The number of rotatable bonds is 5. The topological polar surface area (TPSA) is 43.7 Å². The molecule has 1 aliphatic heterocycles. The molecule has 1 aliphatic rings. The summed E-state index contributed by atoms with van der Waals surface area (Å²) in [5.41, 5.74) is 3.51. The second-order valence-corrected chi connectivity index (χ2v) is 8.46. The van der Waals surface area contributed by atoms with Gasteiger partial charge in [0.25, 0.3) is 0 Å². The van der Waals surface area contributed by atoms with Gasteiger partial charge in [-0.3, -0.25) is 4.90 Å². The van der Waals surface area contributed by atoms with E-state index in [9.17, 15) is 10.2 Å². The fraction of sp³-hybridized carbons (Fsp3) is 0.455. The number of aliphatic hydroxyl groups is 2. The van der Waals surface area contributed by atoms with Gasteiger partial charge in [-0.2, -0.15) is 0 Å². The molecule has 140 valence electrons. The third-order valence-electron chi connectivity index (χ3n) is 5.41. The number of hydrogen-bond acceptors (Lipinski definition) is 3. The minimum Gasteiger partial charge on any atom is -0.393 e. The van der Waals surface area contributed by atoms with Crippen LogP contribution in [0.3, 0.4) is 0 Å². The summed E-state index contributed by atoms with van der Waals surface area (Å²) < 4.78 is 1.06.